The summed E-state index contributed by atoms with van der Waals surface area (Å²) in [5, 5.41) is 26.2. The van der Waals surface area contributed by atoms with Crippen LogP contribution in [0, 0.1) is 0 Å². The van der Waals surface area contributed by atoms with Crippen molar-refractivity contribution in [3.8, 4) is 0 Å². The molecule has 0 bridgehead atoms. The van der Waals surface area contributed by atoms with Crippen LogP contribution < -0.4 is 4.72 Å². The summed E-state index contributed by atoms with van der Waals surface area (Å²) >= 11 is 0. The Morgan fingerprint density at radius 3 is 2.56 bits per heavy atom. The lowest BCUT2D eigenvalue weighted by molar-refractivity contribution is 0.00674. The Morgan fingerprint density at radius 2 is 2.11 bits per heavy atom. The molecule has 0 radical (unpaired) electrons. The smallest absolute Gasteiger partial charge is 0.371 e. The summed E-state index contributed by atoms with van der Waals surface area (Å²) in [5.41, 5.74) is -1.62. The fourth-order valence-electron chi connectivity index (χ4n) is 0.957. The molecule has 1 atom stereocenters. The van der Waals surface area contributed by atoms with Crippen LogP contribution in [0.3, 0.4) is 0 Å². The number of hydrogen-bond donors (Lipinski definition) is 4. The van der Waals surface area contributed by atoms with E-state index in [0.717, 1.165) is 12.1 Å². The second-order valence-corrected chi connectivity index (χ2v) is 5.60. The maximum absolute atomic E-state index is 11.6. The molecule has 0 saturated heterocycles. The van der Waals surface area contributed by atoms with Gasteiger partial charge in [-0.05, 0) is 19.1 Å². The van der Waals surface area contributed by atoms with Crippen molar-refractivity contribution in [2.24, 2.45) is 0 Å². The Morgan fingerprint density at radius 1 is 1.50 bits per heavy atom. The minimum atomic E-state index is -4.07. The predicted octanol–water partition coefficient (Wildman–Crippen LogP) is -1.00. The lowest BCUT2D eigenvalue weighted by Crippen LogP contribution is -2.43. The van der Waals surface area contributed by atoms with Crippen LogP contribution in [0.4, 0.5) is 0 Å². The Hall–Kier alpha value is -1.42. The lowest BCUT2D eigenvalue weighted by atomic mass is 10.1. The minimum absolute atomic E-state index is 0.436. The van der Waals surface area contributed by atoms with Crippen LogP contribution >= 0.6 is 0 Å². The highest BCUT2D eigenvalue weighted by molar-refractivity contribution is 7.89. The van der Waals surface area contributed by atoms with Gasteiger partial charge in [0.15, 0.2) is 0 Å². The van der Waals surface area contributed by atoms with Crippen molar-refractivity contribution in [3.63, 3.8) is 0 Å². The van der Waals surface area contributed by atoms with E-state index in [1.54, 1.807) is 0 Å². The number of aliphatic hydroxyl groups is 2. The van der Waals surface area contributed by atoms with Crippen LogP contribution in [-0.4, -0.2) is 48.5 Å². The predicted molar refractivity (Wildman–Crippen MR) is 58.6 cm³/mol. The summed E-state index contributed by atoms with van der Waals surface area (Å²) in [6, 6.07) is 1.99. The van der Waals surface area contributed by atoms with E-state index < -0.39 is 45.6 Å². The van der Waals surface area contributed by atoms with E-state index in [4.69, 9.17) is 10.2 Å². The van der Waals surface area contributed by atoms with Crippen molar-refractivity contribution in [2.75, 3.05) is 13.2 Å². The monoisotopic (exact) mass is 279 g/mol. The molecule has 0 aliphatic heterocycles. The number of hydrogen-bond acceptors (Lipinski definition) is 6. The molecule has 0 aliphatic carbocycles. The summed E-state index contributed by atoms with van der Waals surface area (Å²) in [5.74, 6) is -1.90. The van der Waals surface area contributed by atoms with Crippen molar-refractivity contribution < 1.29 is 32.9 Å². The normalized spacial score (nSPS) is 15.3. The molecule has 4 N–H and O–H groups in total. The highest BCUT2D eigenvalue weighted by Crippen LogP contribution is 2.14. The molecule has 0 amide bonds. The van der Waals surface area contributed by atoms with Crippen molar-refractivity contribution in [1.29, 1.82) is 0 Å². The number of sulfonamides is 1. The number of aliphatic hydroxyl groups excluding tert-OH is 1. The molecular weight excluding hydrogens is 266 g/mol. The molecule has 8 nitrogen and oxygen atoms in total. The molecule has 1 heterocycles. The lowest BCUT2D eigenvalue weighted by Gasteiger charge is -2.19. The SMILES string of the molecule is CC(O)(CO)CNS(=O)(=O)c1ccc(C(=O)O)o1. The molecule has 9 heteroatoms. The summed E-state index contributed by atoms with van der Waals surface area (Å²) < 4.78 is 29.9. The van der Waals surface area contributed by atoms with Crippen LogP contribution in [0.1, 0.15) is 17.5 Å². The number of aromatic carboxylic acids is 1. The zero-order valence-electron chi connectivity index (χ0n) is 9.45. The largest absolute Gasteiger partial charge is 0.475 e. The third-order valence-corrected chi connectivity index (χ3v) is 3.31. The number of carboxylic acid groups (broad SMARTS) is 1. The highest BCUT2D eigenvalue weighted by atomic mass is 32.2. The average Bonchev–Trinajstić information content (AvgIpc) is 2.77. The Labute approximate surface area is 103 Å². The molecule has 0 fully saturated rings. The Kier molecular flexibility index (Phi) is 4.12. The van der Waals surface area contributed by atoms with E-state index >= 15 is 0 Å². The second kappa shape index (κ2) is 5.06. The third kappa shape index (κ3) is 3.53. The highest BCUT2D eigenvalue weighted by Gasteiger charge is 2.26. The summed E-state index contributed by atoms with van der Waals surface area (Å²) in [7, 11) is -4.07. The van der Waals surface area contributed by atoms with E-state index in [0.29, 0.717) is 0 Å². The van der Waals surface area contributed by atoms with E-state index in [-0.39, 0.29) is 0 Å². The molecule has 1 unspecified atom stereocenters. The van der Waals surface area contributed by atoms with Crippen LogP contribution in [0.15, 0.2) is 21.6 Å². The van der Waals surface area contributed by atoms with Gasteiger partial charge in [0.25, 0.3) is 10.0 Å². The van der Waals surface area contributed by atoms with Gasteiger partial charge >= 0.3 is 5.97 Å². The zero-order chi connectivity index (χ0) is 14.0. The van der Waals surface area contributed by atoms with Gasteiger partial charge in [0, 0.05) is 6.54 Å². The Balaban J connectivity index is 2.83. The van der Waals surface area contributed by atoms with E-state index in [1.165, 1.54) is 6.92 Å². The van der Waals surface area contributed by atoms with E-state index in [9.17, 15) is 18.3 Å². The molecule has 1 rings (SSSR count). The Bertz CT molecular complexity index is 531. The second-order valence-electron chi connectivity index (χ2n) is 3.90. The summed E-state index contributed by atoms with van der Waals surface area (Å²) in [6.07, 6.45) is 0. The van der Waals surface area contributed by atoms with Crippen molar-refractivity contribution in [3.05, 3.63) is 17.9 Å². The van der Waals surface area contributed by atoms with Crippen molar-refractivity contribution >= 4 is 16.0 Å². The fourth-order valence-corrected chi connectivity index (χ4v) is 2.05. The van der Waals surface area contributed by atoms with Gasteiger partial charge in [-0.3, -0.25) is 0 Å². The van der Waals surface area contributed by atoms with Gasteiger partial charge in [-0.15, -0.1) is 0 Å². The number of nitrogens with one attached hydrogen (secondary N) is 1. The van der Waals surface area contributed by atoms with Gasteiger partial charge in [-0.1, -0.05) is 0 Å². The molecule has 18 heavy (non-hydrogen) atoms. The maximum atomic E-state index is 11.6. The molecule has 0 aromatic carbocycles. The van der Waals surface area contributed by atoms with Crippen LogP contribution in [0.25, 0.3) is 0 Å². The molecule has 0 aliphatic rings. The average molecular weight is 279 g/mol. The fraction of sp³-hybridized carbons (Fsp3) is 0.444. The summed E-state index contributed by atoms with van der Waals surface area (Å²) in [6.45, 7) is 0.170. The quantitative estimate of drug-likeness (QED) is 0.524. The molecule has 102 valence electrons. The van der Waals surface area contributed by atoms with Gasteiger partial charge in [-0.2, -0.15) is 0 Å². The minimum Gasteiger partial charge on any atom is -0.475 e. The molecule has 1 aromatic rings. The molecule has 0 saturated carbocycles. The van der Waals surface area contributed by atoms with E-state index in [1.807, 2.05) is 4.72 Å². The molecule has 0 spiro atoms. The van der Waals surface area contributed by atoms with Crippen LogP contribution in [0.5, 0.6) is 0 Å². The number of furan rings is 1. The first-order valence-corrected chi connectivity index (χ1v) is 6.32. The van der Waals surface area contributed by atoms with E-state index in [2.05, 4.69) is 4.42 Å². The number of carbonyl (C=O) groups is 1. The molecule has 1 aromatic heterocycles. The van der Waals surface area contributed by atoms with Crippen molar-refractivity contribution in [2.45, 2.75) is 17.6 Å². The van der Waals surface area contributed by atoms with Gasteiger partial charge < -0.3 is 19.7 Å². The standard InChI is InChI=1S/C9H13NO7S/c1-9(14,5-11)4-10-18(15,16)7-3-2-6(17-7)8(12)13/h2-3,10-11,14H,4-5H2,1H3,(H,12,13). The first kappa shape index (κ1) is 14.6. The van der Waals surface area contributed by atoms with Crippen molar-refractivity contribution in [1.82, 2.24) is 4.72 Å². The van der Waals surface area contributed by atoms with Gasteiger partial charge in [0.2, 0.25) is 10.9 Å². The van der Waals surface area contributed by atoms with Gasteiger partial charge in [-0.25, -0.2) is 17.9 Å². The first-order chi connectivity index (χ1) is 8.18. The molecular formula is C9H13NO7S. The maximum Gasteiger partial charge on any atom is 0.371 e. The first-order valence-electron chi connectivity index (χ1n) is 4.84. The van der Waals surface area contributed by atoms with Gasteiger partial charge in [0.1, 0.15) is 0 Å². The van der Waals surface area contributed by atoms with Crippen LogP contribution in [-0.2, 0) is 10.0 Å². The van der Waals surface area contributed by atoms with Crippen LogP contribution in [0.2, 0.25) is 0 Å². The zero-order valence-corrected chi connectivity index (χ0v) is 10.3. The third-order valence-electron chi connectivity index (χ3n) is 2.04. The van der Waals surface area contributed by atoms with Gasteiger partial charge in [0.05, 0.1) is 12.2 Å². The number of carboxylic acids is 1. The topological polar surface area (TPSA) is 137 Å². The number of rotatable bonds is 6. The summed E-state index contributed by atoms with van der Waals surface area (Å²) in [4.78, 5) is 10.5.